The summed E-state index contributed by atoms with van der Waals surface area (Å²) in [5, 5.41) is 5.86. The van der Waals surface area contributed by atoms with Crippen LogP contribution in [0.5, 0.6) is 17.2 Å². The number of nitrogens with one attached hydrogen (secondary N) is 1. The van der Waals surface area contributed by atoms with E-state index < -0.39 is 0 Å². The van der Waals surface area contributed by atoms with Crippen LogP contribution in [0.1, 0.15) is 11.3 Å². The molecule has 0 amide bonds. The summed E-state index contributed by atoms with van der Waals surface area (Å²) in [6.07, 6.45) is 1.95. The topological polar surface area (TPSA) is 44.7 Å². The first-order chi connectivity index (χ1) is 13.7. The number of rotatable bonds is 4. The van der Waals surface area contributed by atoms with Crippen LogP contribution in [-0.4, -0.2) is 31.1 Å². The lowest BCUT2D eigenvalue weighted by Gasteiger charge is -2.13. The van der Waals surface area contributed by atoms with Gasteiger partial charge in [0.1, 0.15) is 12.4 Å². The average Bonchev–Trinajstić information content (AvgIpc) is 3.19. The van der Waals surface area contributed by atoms with E-state index in [4.69, 9.17) is 37.4 Å². The summed E-state index contributed by atoms with van der Waals surface area (Å²) < 4.78 is 19.0. The number of benzene rings is 2. The molecule has 0 spiro atoms. The summed E-state index contributed by atoms with van der Waals surface area (Å²) in [6, 6.07) is 9.61. The number of hydrogen-bond donors (Lipinski definition) is 1. The van der Waals surface area contributed by atoms with E-state index in [-0.39, 0.29) is 6.79 Å². The molecule has 2 aliphatic heterocycles. The van der Waals surface area contributed by atoms with Crippen LogP contribution in [-0.2, 0) is 19.4 Å². The largest absolute Gasteiger partial charge is 0.492 e. The van der Waals surface area contributed by atoms with Gasteiger partial charge in [0.15, 0.2) is 11.5 Å². The maximum absolute atomic E-state index is 6.61. The highest BCUT2D eigenvalue weighted by molar-refractivity contribution is 6.45. The Morgan fingerprint density at radius 2 is 1.89 bits per heavy atom. The number of halogens is 2. The van der Waals surface area contributed by atoms with Crippen LogP contribution in [0.2, 0.25) is 10.0 Å². The Labute approximate surface area is 173 Å². The predicted octanol–water partition coefficient (Wildman–Crippen LogP) is 4.44. The minimum atomic E-state index is 0.258. The molecule has 28 heavy (non-hydrogen) atoms. The highest BCUT2D eigenvalue weighted by Crippen LogP contribution is 2.37. The zero-order valence-corrected chi connectivity index (χ0v) is 16.8. The average molecular weight is 419 g/mol. The first kappa shape index (κ1) is 18.0. The number of nitrogens with zero attached hydrogens (tertiary/aromatic N) is 1. The molecule has 5 rings (SSSR count). The van der Waals surface area contributed by atoms with Gasteiger partial charge in [-0.2, -0.15) is 0 Å². The van der Waals surface area contributed by atoms with Crippen LogP contribution < -0.4 is 19.5 Å². The molecule has 3 heterocycles. The van der Waals surface area contributed by atoms with E-state index in [1.165, 1.54) is 16.6 Å². The molecule has 0 saturated carbocycles. The second-order valence-corrected chi connectivity index (χ2v) is 7.73. The fourth-order valence-corrected chi connectivity index (χ4v) is 4.50. The summed E-state index contributed by atoms with van der Waals surface area (Å²) in [5.41, 5.74) is 3.69. The SMILES string of the molecule is Clc1ccc2c3c(n(CCOc4ccc5c(c4)OCO5)c2c1Cl)CCNCC3. The van der Waals surface area contributed by atoms with Gasteiger partial charge in [-0.1, -0.05) is 29.3 Å². The van der Waals surface area contributed by atoms with Crippen molar-refractivity contribution in [1.82, 2.24) is 9.88 Å². The molecule has 0 atom stereocenters. The normalized spacial score (nSPS) is 15.5. The Hall–Kier alpha value is -2.08. The Morgan fingerprint density at radius 3 is 2.82 bits per heavy atom. The fraction of sp³-hybridized carbons (Fsp3) is 0.333. The van der Waals surface area contributed by atoms with Crippen molar-refractivity contribution < 1.29 is 14.2 Å². The minimum Gasteiger partial charge on any atom is -0.492 e. The Kier molecular flexibility index (Phi) is 4.75. The summed E-state index contributed by atoms with van der Waals surface area (Å²) in [4.78, 5) is 0. The van der Waals surface area contributed by atoms with E-state index in [1.807, 2.05) is 24.3 Å². The zero-order valence-electron chi connectivity index (χ0n) is 15.3. The molecule has 2 aliphatic rings. The van der Waals surface area contributed by atoms with E-state index >= 15 is 0 Å². The van der Waals surface area contributed by atoms with Gasteiger partial charge in [-0.25, -0.2) is 0 Å². The zero-order chi connectivity index (χ0) is 19.1. The predicted molar refractivity (Wildman–Crippen MR) is 110 cm³/mol. The van der Waals surface area contributed by atoms with Gasteiger partial charge in [0, 0.05) is 30.1 Å². The van der Waals surface area contributed by atoms with Gasteiger partial charge in [0.25, 0.3) is 0 Å². The minimum absolute atomic E-state index is 0.258. The van der Waals surface area contributed by atoms with Crippen LogP contribution >= 0.6 is 23.2 Å². The van der Waals surface area contributed by atoms with Crippen molar-refractivity contribution >= 4 is 34.1 Å². The Balaban J connectivity index is 1.45. The van der Waals surface area contributed by atoms with E-state index in [2.05, 4.69) is 16.0 Å². The molecule has 7 heteroatoms. The monoisotopic (exact) mass is 418 g/mol. The summed E-state index contributed by atoms with van der Waals surface area (Å²) >= 11 is 12.9. The smallest absolute Gasteiger partial charge is 0.231 e. The van der Waals surface area contributed by atoms with Crippen molar-refractivity contribution in [2.24, 2.45) is 0 Å². The summed E-state index contributed by atoms with van der Waals surface area (Å²) in [5.74, 6) is 2.24. The van der Waals surface area contributed by atoms with Crippen molar-refractivity contribution in [3.63, 3.8) is 0 Å². The number of hydrogen-bond acceptors (Lipinski definition) is 4. The van der Waals surface area contributed by atoms with Crippen LogP contribution in [0.25, 0.3) is 10.9 Å². The molecule has 0 aliphatic carbocycles. The van der Waals surface area contributed by atoms with Gasteiger partial charge in [-0.05, 0) is 36.7 Å². The lowest BCUT2D eigenvalue weighted by molar-refractivity contribution is 0.173. The van der Waals surface area contributed by atoms with Crippen LogP contribution in [0.3, 0.4) is 0 Å². The number of fused-ring (bicyclic) bond motifs is 4. The van der Waals surface area contributed by atoms with Crippen molar-refractivity contribution in [1.29, 1.82) is 0 Å². The van der Waals surface area contributed by atoms with Gasteiger partial charge in [0.2, 0.25) is 6.79 Å². The van der Waals surface area contributed by atoms with E-state index in [0.717, 1.165) is 48.7 Å². The molecule has 0 unspecified atom stereocenters. The third-order valence-electron chi connectivity index (χ3n) is 5.36. The molecule has 0 bridgehead atoms. The summed E-state index contributed by atoms with van der Waals surface area (Å²) in [6.45, 7) is 3.40. The molecule has 0 saturated heterocycles. The fourth-order valence-electron chi connectivity index (χ4n) is 4.08. The van der Waals surface area contributed by atoms with Gasteiger partial charge < -0.3 is 24.1 Å². The molecule has 1 aromatic heterocycles. The van der Waals surface area contributed by atoms with Crippen LogP contribution in [0.4, 0.5) is 0 Å². The van der Waals surface area contributed by atoms with Crippen LogP contribution in [0, 0.1) is 0 Å². The van der Waals surface area contributed by atoms with Gasteiger partial charge >= 0.3 is 0 Å². The second kappa shape index (κ2) is 7.39. The molecular weight excluding hydrogens is 399 g/mol. The molecule has 146 valence electrons. The quantitative estimate of drug-likeness (QED) is 0.679. The molecular formula is C21H20Cl2N2O3. The lowest BCUT2D eigenvalue weighted by atomic mass is 10.1. The van der Waals surface area contributed by atoms with Gasteiger partial charge in [-0.3, -0.25) is 0 Å². The van der Waals surface area contributed by atoms with Crippen molar-refractivity contribution in [3.8, 4) is 17.2 Å². The maximum atomic E-state index is 6.61. The van der Waals surface area contributed by atoms with Gasteiger partial charge in [-0.15, -0.1) is 0 Å². The second-order valence-electron chi connectivity index (χ2n) is 6.95. The molecule has 3 aromatic rings. The third-order valence-corrected chi connectivity index (χ3v) is 6.15. The molecule has 5 nitrogen and oxygen atoms in total. The van der Waals surface area contributed by atoms with Crippen molar-refractivity contribution in [2.45, 2.75) is 19.4 Å². The van der Waals surface area contributed by atoms with E-state index in [1.54, 1.807) is 0 Å². The highest BCUT2D eigenvalue weighted by atomic mass is 35.5. The molecule has 0 radical (unpaired) electrons. The van der Waals surface area contributed by atoms with Gasteiger partial charge in [0.05, 0.1) is 22.1 Å². The number of aromatic nitrogens is 1. The first-order valence-electron chi connectivity index (χ1n) is 9.43. The lowest BCUT2D eigenvalue weighted by Crippen LogP contribution is -2.18. The van der Waals surface area contributed by atoms with Crippen molar-refractivity contribution in [2.75, 3.05) is 26.5 Å². The molecule has 0 fully saturated rings. The molecule has 1 N–H and O–H groups in total. The highest BCUT2D eigenvalue weighted by Gasteiger charge is 2.21. The van der Waals surface area contributed by atoms with E-state index in [9.17, 15) is 0 Å². The Morgan fingerprint density at radius 1 is 1.04 bits per heavy atom. The third kappa shape index (κ3) is 3.08. The number of ether oxygens (including phenoxy) is 3. The van der Waals surface area contributed by atoms with Crippen molar-refractivity contribution in [3.05, 3.63) is 51.6 Å². The Bertz CT molecular complexity index is 1050. The maximum Gasteiger partial charge on any atom is 0.231 e. The standard InChI is InChI=1S/C21H20Cl2N2O3/c22-16-3-2-15-14-5-7-24-8-6-17(14)25(21(15)20(16)23)9-10-26-13-1-4-18-19(11-13)28-12-27-18/h1-4,11,24H,5-10,12H2. The van der Waals surface area contributed by atoms with E-state index in [0.29, 0.717) is 23.2 Å². The first-order valence-corrected chi connectivity index (χ1v) is 10.2. The molecule has 2 aromatic carbocycles. The summed E-state index contributed by atoms with van der Waals surface area (Å²) in [7, 11) is 0. The van der Waals surface area contributed by atoms with Crippen LogP contribution in [0.15, 0.2) is 30.3 Å².